The third-order valence-electron chi connectivity index (χ3n) is 4.52. The number of anilines is 1. The van der Waals surface area contributed by atoms with E-state index in [1.54, 1.807) is 23.1 Å². The van der Waals surface area contributed by atoms with E-state index < -0.39 is 0 Å². The van der Waals surface area contributed by atoms with Gasteiger partial charge in [0.05, 0.1) is 17.1 Å². The summed E-state index contributed by atoms with van der Waals surface area (Å²) in [5.41, 5.74) is 5.03. The predicted molar refractivity (Wildman–Crippen MR) is 120 cm³/mol. The summed E-state index contributed by atoms with van der Waals surface area (Å²) in [4.78, 5) is 20.9. The summed E-state index contributed by atoms with van der Waals surface area (Å²) in [6.45, 7) is 4.12. The van der Waals surface area contributed by atoms with E-state index in [2.05, 4.69) is 47.3 Å². The number of aromatic nitrogens is 4. The topological polar surface area (TPSA) is 72.7 Å². The molecule has 150 valence electrons. The average Bonchev–Trinajstić information content (AvgIpc) is 3.19. The minimum absolute atomic E-state index is 0.142. The van der Waals surface area contributed by atoms with Crippen molar-refractivity contribution >= 4 is 23.5 Å². The largest absolute Gasteiger partial charge is 0.310 e. The van der Waals surface area contributed by atoms with Crippen LogP contribution in [0, 0.1) is 13.8 Å². The van der Waals surface area contributed by atoms with Crippen LogP contribution in [-0.2, 0) is 4.79 Å². The van der Waals surface area contributed by atoms with Gasteiger partial charge in [-0.05, 0) is 43.7 Å². The highest BCUT2D eigenvalue weighted by molar-refractivity contribution is 7.99. The molecular weight excluding hydrogens is 394 g/mol. The number of carbonyl (C=O) groups excluding carboxylic acids is 1. The molecule has 2 heterocycles. The highest BCUT2D eigenvalue weighted by atomic mass is 32.2. The van der Waals surface area contributed by atoms with Gasteiger partial charge in [-0.25, -0.2) is 14.6 Å². The summed E-state index contributed by atoms with van der Waals surface area (Å²) in [6, 6.07) is 19.7. The molecule has 0 aliphatic carbocycles. The number of amides is 1. The molecule has 0 saturated carbocycles. The molecule has 0 aliphatic heterocycles. The van der Waals surface area contributed by atoms with Crippen LogP contribution in [0.2, 0.25) is 0 Å². The number of rotatable bonds is 6. The first-order chi connectivity index (χ1) is 14.6. The molecule has 0 aliphatic rings. The second kappa shape index (κ2) is 8.92. The van der Waals surface area contributed by atoms with Gasteiger partial charge in [-0.1, -0.05) is 47.7 Å². The Morgan fingerprint density at radius 3 is 2.53 bits per heavy atom. The summed E-state index contributed by atoms with van der Waals surface area (Å²) in [7, 11) is 0. The van der Waals surface area contributed by atoms with E-state index in [1.165, 1.54) is 11.8 Å². The second-order valence-corrected chi connectivity index (χ2v) is 7.79. The molecule has 0 atom stereocenters. The highest BCUT2D eigenvalue weighted by Gasteiger charge is 2.15. The van der Waals surface area contributed by atoms with Crippen molar-refractivity contribution in [2.24, 2.45) is 0 Å². The predicted octanol–water partition coefficient (Wildman–Crippen LogP) is 4.68. The maximum atomic E-state index is 12.6. The molecule has 0 radical (unpaired) electrons. The molecule has 0 unspecified atom stereocenters. The van der Waals surface area contributed by atoms with E-state index in [9.17, 15) is 4.79 Å². The standard InChI is InChI=1S/C23H21N5OS/c1-16-9-10-17(2)19(13-16)20-14-21(28(27-20)18-7-4-3-5-8-18)26-22(29)15-30-23-24-11-6-12-25-23/h3-14H,15H2,1-2H3,(H,26,29). The lowest BCUT2D eigenvalue weighted by Crippen LogP contribution is -2.17. The molecule has 0 fully saturated rings. The van der Waals surface area contributed by atoms with E-state index >= 15 is 0 Å². The summed E-state index contributed by atoms with van der Waals surface area (Å²) in [5.74, 6) is 0.691. The van der Waals surface area contributed by atoms with Gasteiger partial charge in [-0.2, -0.15) is 5.10 Å². The molecule has 7 heteroatoms. The minimum Gasteiger partial charge on any atom is -0.310 e. The van der Waals surface area contributed by atoms with E-state index in [0.29, 0.717) is 11.0 Å². The van der Waals surface area contributed by atoms with Crippen LogP contribution in [-0.4, -0.2) is 31.4 Å². The maximum Gasteiger partial charge on any atom is 0.236 e. The maximum absolute atomic E-state index is 12.6. The summed E-state index contributed by atoms with van der Waals surface area (Å²) >= 11 is 1.29. The van der Waals surface area contributed by atoms with Crippen molar-refractivity contribution in [2.45, 2.75) is 19.0 Å². The van der Waals surface area contributed by atoms with Crippen LogP contribution < -0.4 is 5.32 Å². The second-order valence-electron chi connectivity index (χ2n) is 6.85. The number of hydrogen-bond acceptors (Lipinski definition) is 5. The highest BCUT2D eigenvalue weighted by Crippen LogP contribution is 2.28. The van der Waals surface area contributed by atoms with Crippen LogP contribution in [0.3, 0.4) is 0 Å². The molecular formula is C23H21N5OS. The minimum atomic E-state index is -0.142. The number of thioether (sulfide) groups is 1. The number of hydrogen-bond donors (Lipinski definition) is 1. The molecule has 2 aromatic carbocycles. The molecule has 2 aromatic heterocycles. The Hall–Kier alpha value is -3.45. The van der Waals surface area contributed by atoms with Crippen LogP contribution in [0.15, 0.2) is 78.2 Å². The molecule has 1 amide bonds. The Bertz CT molecular complexity index is 1160. The van der Waals surface area contributed by atoms with Gasteiger partial charge in [0.25, 0.3) is 0 Å². The van der Waals surface area contributed by atoms with Crippen LogP contribution in [0.25, 0.3) is 16.9 Å². The first kappa shape index (κ1) is 19.8. The van der Waals surface area contributed by atoms with Crippen molar-refractivity contribution in [3.63, 3.8) is 0 Å². The van der Waals surface area contributed by atoms with Gasteiger partial charge in [0.1, 0.15) is 5.82 Å². The van der Waals surface area contributed by atoms with Crippen molar-refractivity contribution in [2.75, 3.05) is 11.1 Å². The number of carbonyl (C=O) groups is 1. The SMILES string of the molecule is Cc1ccc(C)c(-c2cc(NC(=O)CSc3ncccn3)n(-c3ccccc3)n2)c1. The lowest BCUT2D eigenvalue weighted by molar-refractivity contribution is -0.113. The Kier molecular flexibility index (Phi) is 5.90. The molecule has 1 N–H and O–H groups in total. The monoisotopic (exact) mass is 415 g/mol. The first-order valence-electron chi connectivity index (χ1n) is 9.53. The van der Waals surface area contributed by atoms with Gasteiger partial charge in [0.15, 0.2) is 5.16 Å². The Balaban J connectivity index is 1.63. The fourth-order valence-electron chi connectivity index (χ4n) is 3.05. The zero-order valence-electron chi connectivity index (χ0n) is 16.7. The van der Waals surface area contributed by atoms with Crippen LogP contribution in [0.1, 0.15) is 11.1 Å². The van der Waals surface area contributed by atoms with Crippen molar-refractivity contribution in [3.05, 3.63) is 84.2 Å². The molecule has 0 bridgehead atoms. The van der Waals surface area contributed by atoms with Gasteiger partial charge >= 0.3 is 0 Å². The normalized spacial score (nSPS) is 10.7. The Morgan fingerprint density at radius 2 is 1.77 bits per heavy atom. The van der Waals surface area contributed by atoms with Crippen LogP contribution in [0.4, 0.5) is 5.82 Å². The molecule has 0 spiro atoms. The van der Waals surface area contributed by atoms with Crippen molar-refractivity contribution in [1.29, 1.82) is 0 Å². The van der Waals surface area contributed by atoms with Gasteiger partial charge in [-0.15, -0.1) is 0 Å². The number of benzene rings is 2. The van der Waals surface area contributed by atoms with Crippen molar-refractivity contribution in [1.82, 2.24) is 19.7 Å². The molecule has 0 saturated heterocycles. The van der Waals surface area contributed by atoms with Crippen molar-refractivity contribution < 1.29 is 4.79 Å². The van der Waals surface area contributed by atoms with Gasteiger partial charge in [0, 0.05) is 24.0 Å². The summed E-state index contributed by atoms with van der Waals surface area (Å²) in [6.07, 6.45) is 3.32. The number of para-hydroxylation sites is 1. The molecule has 4 rings (SSSR count). The zero-order valence-corrected chi connectivity index (χ0v) is 17.6. The number of nitrogens with one attached hydrogen (secondary N) is 1. The van der Waals surface area contributed by atoms with E-state index in [-0.39, 0.29) is 11.7 Å². The third kappa shape index (κ3) is 4.58. The Morgan fingerprint density at radius 1 is 1.00 bits per heavy atom. The van der Waals surface area contributed by atoms with Crippen LogP contribution >= 0.6 is 11.8 Å². The molecule has 30 heavy (non-hydrogen) atoms. The van der Waals surface area contributed by atoms with Gasteiger partial charge in [-0.3, -0.25) is 4.79 Å². The first-order valence-corrected chi connectivity index (χ1v) is 10.5. The molecule has 4 aromatic rings. The van der Waals surface area contributed by atoms with Gasteiger partial charge in [0.2, 0.25) is 5.91 Å². The Labute approximate surface area is 179 Å². The quantitative estimate of drug-likeness (QED) is 0.366. The fourth-order valence-corrected chi connectivity index (χ4v) is 3.65. The summed E-state index contributed by atoms with van der Waals surface area (Å²) < 4.78 is 1.76. The lowest BCUT2D eigenvalue weighted by atomic mass is 10.0. The van der Waals surface area contributed by atoms with E-state index in [1.807, 2.05) is 36.4 Å². The van der Waals surface area contributed by atoms with Gasteiger partial charge < -0.3 is 5.32 Å². The number of aryl methyl sites for hydroxylation is 2. The average molecular weight is 416 g/mol. The zero-order chi connectivity index (χ0) is 20.9. The van der Waals surface area contributed by atoms with Crippen molar-refractivity contribution in [3.8, 4) is 16.9 Å². The summed E-state index contributed by atoms with van der Waals surface area (Å²) in [5, 5.41) is 8.35. The smallest absolute Gasteiger partial charge is 0.236 e. The third-order valence-corrected chi connectivity index (χ3v) is 5.40. The fraction of sp³-hybridized carbons (Fsp3) is 0.130. The van der Waals surface area contributed by atoms with Crippen LogP contribution in [0.5, 0.6) is 0 Å². The molecule has 6 nitrogen and oxygen atoms in total. The van der Waals surface area contributed by atoms with E-state index in [0.717, 1.165) is 28.1 Å². The van der Waals surface area contributed by atoms with E-state index in [4.69, 9.17) is 5.10 Å². The number of nitrogens with zero attached hydrogens (tertiary/aromatic N) is 4. The lowest BCUT2D eigenvalue weighted by Gasteiger charge is -2.08.